The number of nitrogens with one attached hydrogen (secondary N) is 1. The fourth-order valence-electron chi connectivity index (χ4n) is 0.881. The Balaban J connectivity index is 3.11. The quantitative estimate of drug-likeness (QED) is 0.289. The van der Waals surface area contributed by atoms with E-state index < -0.39 is 33.5 Å². The third-order valence-electron chi connectivity index (χ3n) is 1.54. The maximum Gasteiger partial charge on any atom is 0.270 e. The Bertz CT molecular complexity index is 465. The third-order valence-corrected chi connectivity index (χ3v) is 2.23. The molecule has 0 aliphatic carbocycles. The molecule has 16 heavy (non-hydrogen) atoms. The molecule has 0 radical (unpaired) electrons. The van der Waals surface area contributed by atoms with Crippen LogP contribution < -0.4 is 5.32 Å². The van der Waals surface area contributed by atoms with Gasteiger partial charge in [-0.25, -0.2) is 13.2 Å². The topological polar surface area (TPSA) is 61.7 Å². The predicted molar refractivity (Wildman–Crippen MR) is 52.9 cm³/mol. The van der Waals surface area contributed by atoms with E-state index in [1.165, 1.54) is 0 Å². The fourth-order valence-corrected chi connectivity index (χ4v) is 1.28. The van der Waals surface area contributed by atoms with Crippen LogP contribution >= 0.6 is 15.9 Å². The molecule has 0 aliphatic heterocycles. The summed E-state index contributed by atoms with van der Waals surface area (Å²) in [4.78, 5) is 10.9. The standard InChI is InChI=1S/C8H4BrF3N2O2/c9-6-7(11)3(10)1-4(8(6)12)14-5(15)2-13-16/h1-2,16H,(H,14,15). The first-order valence-electron chi connectivity index (χ1n) is 3.78. The summed E-state index contributed by atoms with van der Waals surface area (Å²) >= 11 is 2.49. The minimum absolute atomic E-state index is 0.439. The van der Waals surface area contributed by atoms with Crippen molar-refractivity contribution in [3.8, 4) is 0 Å². The Morgan fingerprint density at radius 2 is 2.06 bits per heavy atom. The second-order valence-corrected chi connectivity index (χ2v) is 3.37. The van der Waals surface area contributed by atoms with Gasteiger partial charge in [0, 0.05) is 6.07 Å². The Labute approximate surface area is 95.9 Å². The van der Waals surface area contributed by atoms with E-state index >= 15 is 0 Å². The number of nitrogens with zero attached hydrogens (tertiary/aromatic N) is 1. The van der Waals surface area contributed by atoms with Crippen molar-refractivity contribution in [2.24, 2.45) is 5.16 Å². The van der Waals surface area contributed by atoms with Crippen molar-refractivity contribution in [1.82, 2.24) is 0 Å². The first-order valence-corrected chi connectivity index (χ1v) is 4.58. The summed E-state index contributed by atoms with van der Waals surface area (Å²) in [6.45, 7) is 0. The molecular formula is C8H4BrF3N2O2. The summed E-state index contributed by atoms with van der Waals surface area (Å²) in [5.41, 5.74) is -0.573. The lowest BCUT2D eigenvalue weighted by molar-refractivity contribution is -0.110. The van der Waals surface area contributed by atoms with Crippen LogP contribution in [0.3, 0.4) is 0 Å². The number of carbonyl (C=O) groups excluding carboxylic acids is 1. The second kappa shape index (κ2) is 4.97. The van der Waals surface area contributed by atoms with Crippen LogP contribution in [0.15, 0.2) is 15.7 Å². The van der Waals surface area contributed by atoms with Gasteiger partial charge in [-0.3, -0.25) is 4.79 Å². The minimum Gasteiger partial charge on any atom is -0.411 e. The normalized spacial score (nSPS) is 10.8. The van der Waals surface area contributed by atoms with E-state index in [1.54, 1.807) is 0 Å². The van der Waals surface area contributed by atoms with Gasteiger partial charge in [0.1, 0.15) is 6.21 Å². The first kappa shape index (κ1) is 12.5. The summed E-state index contributed by atoms with van der Waals surface area (Å²) in [6.07, 6.45) is 0.439. The van der Waals surface area contributed by atoms with E-state index in [0.29, 0.717) is 12.3 Å². The number of amides is 1. The number of oxime groups is 1. The number of carbonyl (C=O) groups is 1. The molecule has 0 heterocycles. The molecule has 0 saturated heterocycles. The highest BCUT2D eigenvalue weighted by atomic mass is 79.9. The molecule has 0 spiro atoms. The average molecular weight is 297 g/mol. The van der Waals surface area contributed by atoms with Gasteiger partial charge in [-0.2, -0.15) is 0 Å². The molecule has 0 bridgehead atoms. The van der Waals surface area contributed by atoms with Crippen molar-refractivity contribution >= 4 is 33.7 Å². The van der Waals surface area contributed by atoms with Gasteiger partial charge >= 0.3 is 0 Å². The summed E-state index contributed by atoms with van der Waals surface area (Å²) in [5, 5.41) is 12.3. The van der Waals surface area contributed by atoms with Crippen LogP contribution in [0.5, 0.6) is 0 Å². The van der Waals surface area contributed by atoms with Gasteiger partial charge in [0.25, 0.3) is 5.91 Å². The Kier molecular flexibility index (Phi) is 3.88. The van der Waals surface area contributed by atoms with Crippen molar-refractivity contribution in [2.75, 3.05) is 5.32 Å². The van der Waals surface area contributed by atoms with Crippen LogP contribution in [0.2, 0.25) is 0 Å². The monoisotopic (exact) mass is 296 g/mol. The van der Waals surface area contributed by atoms with Gasteiger partial charge in [0.15, 0.2) is 17.5 Å². The zero-order chi connectivity index (χ0) is 12.3. The van der Waals surface area contributed by atoms with Crippen LogP contribution in [0.25, 0.3) is 0 Å². The second-order valence-electron chi connectivity index (χ2n) is 2.58. The van der Waals surface area contributed by atoms with Crippen molar-refractivity contribution in [3.05, 3.63) is 28.0 Å². The molecule has 1 amide bonds. The molecule has 86 valence electrons. The molecule has 0 atom stereocenters. The van der Waals surface area contributed by atoms with Gasteiger partial charge in [0.05, 0.1) is 10.2 Å². The van der Waals surface area contributed by atoms with Crippen LogP contribution in [0, 0.1) is 17.5 Å². The van der Waals surface area contributed by atoms with Crippen molar-refractivity contribution < 1.29 is 23.2 Å². The summed E-state index contributed by atoms with van der Waals surface area (Å²) in [7, 11) is 0. The lowest BCUT2D eigenvalue weighted by Crippen LogP contribution is -2.14. The smallest absolute Gasteiger partial charge is 0.270 e. The highest BCUT2D eigenvalue weighted by Crippen LogP contribution is 2.28. The number of rotatable bonds is 2. The SMILES string of the molecule is O=C(C=NO)Nc1cc(F)c(F)c(Br)c1F. The lowest BCUT2D eigenvalue weighted by atomic mass is 10.3. The Hall–Kier alpha value is -1.57. The molecule has 1 rings (SSSR count). The summed E-state index contributed by atoms with van der Waals surface area (Å²) in [6, 6.07) is 0.471. The molecule has 0 aliphatic rings. The van der Waals surface area contributed by atoms with E-state index in [9.17, 15) is 18.0 Å². The van der Waals surface area contributed by atoms with Gasteiger partial charge in [-0.05, 0) is 15.9 Å². The molecule has 0 saturated carbocycles. The third kappa shape index (κ3) is 2.51. The van der Waals surface area contributed by atoms with Crippen molar-refractivity contribution in [3.63, 3.8) is 0 Å². The van der Waals surface area contributed by atoms with E-state index in [1.807, 2.05) is 5.32 Å². The summed E-state index contributed by atoms with van der Waals surface area (Å²) < 4.78 is 38.2. The van der Waals surface area contributed by atoms with Gasteiger partial charge < -0.3 is 10.5 Å². The van der Waals surface area contributed by atoms with E-state index in [-0.39, 0.29) is 0 Å². The maximum absolute atomic E-state index is 13.3. The minimum atomic E-state index is -1.40. The Morgan fingerprint density at radius 1 is 1.44 bits per heavy atom. The molecule has 1 aromatic carbocycles. The zero-order valence-electron chi connectivity index (χ0n) is 7.47. The summed E-state index contributed by atoms with van der Waals surface area (Å²) in [5.74, 6) is -4.88. The van der Waals surface area contributed by atoms with Gasteiger partial charge in [-0.1, -0.05) is 5.16 Å². The number of hydrogen-bond acceptors (Lipinski definition) is 3. The molecule has 0 unspecified atom stereocenters. The zero-order valence-corrected chi connectivity index (χ0v) is 9.06. The van der Waals surface area contributed by atoms with Crippen LogP contribution in [-0.4, -0.2) is 17.3 Å². The van der Waals surface area contributed by atoms with Crippen LogP contribution in [0.1, 0.15) is 0 Å². The average Bonchev–Trinajstić information content (AvgIpc) is 2.23. The maximum atomic E-state index is 13.3. The van der Waals surface area contributed by atoms with Crippen LogP contribution in [-0.2, 0) is 4.79 Å². The molecule has 4 nitrogen and oxygen atoms in total. The predicted octanol–water partition coefficient (Wildman–Crippen LogP) is 2.26. The molecule has 0 aromatic heterocycles. The number of halogens is 4. The fraction of sp³-hybridized carbons (Fsp3) is 0. The van der Waals surface area contributed by atoms with Crippen molar-refractivity contribution in [1.29, 1.82) is 0 Å². The molecule has 8 heteroatoms. The molecule has 2 N–H and O–H groups in total. The molecular weight excluding hydrogens is 293 g/mol. The van der Waals surface area contributed by atoms with Crippen LogP contribution in [0.4, 0.5) is 18.9 Å². The number of anilines is 1. The Morgan fingerprint density at radius 3 is 2.62 bits per heavy atom. The highest BCUT2D eigenvalue weighted by Gasteiger charge is 2.17. The largest absolute Gasteiger partial charge is 0.411 e. The molecule has 0 fully saturated rings. The first-order chi connectivity index (χ1) is 7.47. The molecule has 1 aromatic rings. The van der Waals surface area contributed by atoms with E-state index in [0.717, 1.165) is 0 Å². The number of hydrogen-bond donors (Lipinski definition) is 2. The van der Waals surface area contributed by atoms with E-state index in [4.69, 9.17) is 5.21 Å². The van der Waals surface area contributed by atoms with Gasteiger partial charge in [-0.15, -0.1) is 0 Å². The van der Waals surface area contributed by atoms with Crippen molar-refractivity contribution in [2.45, 2.75) is 0 Å². The highest BCUT2D eigenvalue weighted by molar-refractivity contribution is 9.10. The van der Waals surface area contributed by atoms with E-state index in [2.05, 4.69) is 21.1 Å². The van der Waals surface area contributed by atoms with Gasteiger partial charge in [0.2, 0.25) is 0 Å². The number of benzene rings is 1. The lowest BCUT2D eigenvalue weighted by Gasteiger charge is -2.06.